The van der Waals surface area contributed by atoms with E-state index in [9.17, 15) is 18.0 Å². The number of ether oxygens (including phenoxy) is 1. The Morgan fingerprint density at radius 1 is 0.872 bits per heavy atom. The largest absolute Gasteiger partial charge is 0.494 e. The summed E-state index contributed by atoms with van der Waals surface area (Å²) in [4.78, 5) is 28.1. The second kappa shape index (κ2) is 13.3. The first kappa shape index (κ1) is 29.7. The van der Waals surface area contributed by atoms with E-state index in [1.807, 2.05) is 45.0 Å². The minimum absolute atomic E-state index is 0.0289. The number of rotatable bonds is 12. The maximum absolute atomic E-state index is 13.9. The van der Waals surface area contributed by atoms with Gasteiger partial charge >= 0.3 is 0 Å². The third-order valence-corrected chi connectivity index (χ3v) is 8.10. The number of amides is 2. The molecule has 3 aromatic carbocycles. The molecular formula is C30H37N3O5S. The van der Waals surface area contributed by atoms with Crippen LogP contribution in [0.5, 0.6) is 5.75 Å². The van der Waals surface area contributed by atoms with Gasteiger partial charge in [-0.1, -0.05) is 47.5 Å². The lowest BCUT2D eigenvalue weighted by Gasteiger charge is -2.32. The molecule has 0 aliphatic carbocycles. The van der Waals surface area contributed by atoms with Crippen LogP contribution in [-0.4, -0.2) is 50.9 Å². The van der Waals surface area contributed by atoms with Crippen LogP contribution in [0.4, 0.5) is 5.69 Å². The molecule has 3 aromatic rings. The second-order valence-electron chi connectivity index (χ2n) is 9.33. The molecule has 0 spiro atoms. The number of carbonyl (C=O) groups excluding carboxylic acids is 2. The Balaban J connectivity index is 2.00. The summed E-state index contributed by atoms with van der Waals surface area (Å²) in [7, 11) is -4.13. The first-order valence-corrected chi connectivity index (χ1v) is 14.5. The van der Waals surface area contributed by atoms with Gasteiger partial charge in [-0.15, -0.1) is 0 Å². The molecule has 1 atom stereocenters. The predicted molar refractivity (Wildman–Crippen MR) is 153 cm³/mol. The van der Waals surface area contributed by atoms with Crippen molar-refractivity contribution in [2.24, 2.45) is 0 Å². The number of nitrogens with zero attached hydrogens (tertiary/aromatic N) is 2. The Labute approximate surface area is 231 Å². The molecule has 0 aliphatic heterocycles. The third-order valence-electron chi connectivity index (χ3n) is 6.32. The van der Waals surface area contributed by atoms with Crippen LogP contribution in [0.2, 0.25) is 0 Å². The summed E-state index contributed by atoms with van der Waals surface area (Å²) in [5, 5.41) is 2.76. The molecule has 3 rings (SSSR count). The lowest BCUT2D eigenvalue weighted by Crippen LogP contribution is -2.51. The number of carbonyl (C=O) groups is 2. The van der Waals surface area contributed by atoms with E-state index in [4.69, 9.17) is 4.74 Å². The van der Waals surface area contributed by atoms with Crippen LogP contribution >= 0.6 is 0 Å². The lowest BCUT2D eigenvalue weighted by atomic mass is 10.1. The van der Waals surface area contributed by atoms with Crippen molar-refractivity contribution in [2.45, 2.75) is 52.1 Å². The maximum atomic E-state index is 13.9. The molecule has 208 valence electrons. The topological polar surface area (TPSA) is 96.0 Å². The van der Waals surface area contributed by atoms with Crippen LogP contribution in [0.25, 0.3) is 0 Å². The van der Waals surface area contributed by atoms with Gasteiger partial charge in [0.1, 0.15) is 18.3 Å². The molecule has 0 heterocycles. The van der Waals surface area contributed by atoms with Gasteiger partial charge < -0.3 is 15.0 Å². The average Bonchev–Trinajstić information content (AvgIpc) is 2.92. The number of benzene rings is 3. The summed E-state index contributed by atoms with van der Waals surface area (Å²) in [6.07, 6.45) is 0. The fourth-order valence-electron chi connectivity index (χ4n) is 4.04. The molecule has 9 heteroatoms. The van der Waals surface area contributed by atoms with Crippen molar-refractivity contribution >= 4 is 27.5 Å². The summed E-state index contributed by atoms with van der Waals surface area (Å²) in [6, 6.07) is 19.9. The molecule has 0 saturated heterocycles. The van der Waals surface area contributed by atoms with E-state index in [0.717, 1.165) is 21.0 Å². The van der Waals surface area contributed by atoms with Crippen molar-refractivity contribution in [2.75, 3.05) is 24.0 Å². The van der Waals surface area contributed by atoms with Gasteiger partial charge in [0.2, 0.25) is 11.8 Å². The highest BCUT2D eigenvalue weighted by atomic mass is 32.2. The first-order chi connectivity index (χ1) is 18.6. The monoisotopic (exact) mass is 551 g/mol. The zero-order valence-corrected chi connectivity index (χ0v) is 24.0. The first-order valence-electron chi connectivity index (χ1n) is 13.0. The predicted octanol–water partition coefficient (Wildman–Crippen LogP) is 4.45. The number of sulfonamides is 1. The van der Waals surface area contributed by atoms with Crippen LogP contribution in [0, 0.1) is 13.8 Å². The highest BCUT2D eigenvalue weighted by Gasteiger charge is 2.32. The summed E-state index contributed by atoms with van der Waals surface area (Å²) in [6.45, 7) is 9.71. The lowest BCUT2D eigenvalue weighted by molar-refractivity contribution is -0.139. The van der Waals surface area contributed by atoms with E-state index < -0.39 is 28.5 Å². The zero-order valence-electron chi connectivity index (χ0n) is 23.2. The van der Waals surface area contributed by atoms with E-state index in [1.54, 1.807) is 50.2 Å². The molecular weight excluding hydrogens is 514 g/mol. The molecule has 0 aromatic heterocycles. The number of hydrogen-bond acceptors (Lipinski definition) is 5. The second-order valence-corrected chi connectivity index (χ2v) is 11.2. The summed E-state index contributed by atoms with van der Waals surface area (Å²) in [5.74, 6) is -0.256. The normalized spacial score (nSPS) is 11.9. The highest BCUT2D eigenvalue weighted by molar-refractivity contribution is 7.92. The van der Waals surface area contributed by atoms with Gasteiger partial charge in [0.15, 0.2) is 0 Å². The van der Waals surface area contributed by atoms with Gasteiger partial charge in [0.05, 0.1) is 17.2 Å². The van der Waals surface area contributed by atoms with Gasteiger partial charge in [-0.05, 0) is 76.6 Å². The molecule has 39 heavy (non-hydrogen) atoms. The Hall–Kier alpha value is -3.85. The fourth-order valence-corrected chi connectivity index (χ4v) is 5.45. The van der Waals surface area contributed by atoms with E-state index in [1.165, 1.54) is 17.0 Å². The molecule has 2 amide bonds. The molecule has 1 unspecified atom stereocenters. The van der Waals surface area contributed by atoms with Gasteiger partial charge in [-0.3, -0.25) is 13.9 Å². The van der Waals surface area contributed by atoms with Crippen molar-refractivity contribution < 1.29 is 22.7 Å². The van der Waals surface area contributed by atoms with Gasteiger partial charge in [0, 0.05) is 13.1 Å². The third kappa shape index (κ3) is 7.60. The Morgan fingerprint density at radius 3 is 1.97 bits per heavy atom. The zero-order chi connectivity index (χ0) is 28.6. The van der Waals surface area contributed by atoms with E-state index >= 15 is 0 Å². The highest BCUT2D eigenvalue weighted by Crippen LogP contribution is 2.26. The van der Waals surface area contributed by atoms with Crippen molar-refractivity contribution in [1.82, 2.24) is 10.2 Å². The van der Waals surface area contributed by atoms with Crippen LogP contribution < -0.4 is 14.4 Å². The Morgan fingerprint density at radius 2 is 1.44 bits per heavy atom. The smallest absolute Gasteiger partial charge is 0.264 e. The molecule has 0 bridgehead atoms. The molecule has 1 N–H and O–H groups in total. The van der Waals surface area contributed by atoms with Crippen molar-refractivity contribution in [3.8, 4) is 5.75 Å². The van der Waals surface area contributed by atoms with Gasteiger partial charge in [-0.2, -0.15) is 0 Å². The Bertz CT molecular complexity index is 1360. The number of nitrogens with one attached hydrogen (secondary N) is 1. The standard InChI is InChI=1S/C30H37N3O5S/c1-6-31-30(35)24(5)32(20-25-12-8-22(3)9-13-25)29(34)21-33(26-14-10-23(4)11-15-26)39(36,37)28-18-16-27(17-19-28)38-7-2/h8-19,24H,6-7,20-21H2,1-5H3,(H,31,35). The number of hydrogen-bond donors (Lipinski definition) is 1. The summed E-state index contributed by atoms with van der Waals surface area (Å²) >= 11 is 0. The maximum Gasteiger partial charge on any atom is 0.264 e. The van der Waals surface area contributed by atoms with E-state index in [2.05, 4.69) is 5.32 Å². The van der Waals surface area contributed by atoms with Gasteiger partial charge in [0.25, 0.3) is 10.0 Å². The quantitative estimate of drug-likeness (QED) is 0.359. The van der Waals surface area contributed by atoms with Gasteiger partial charge in [-0.25, -0.2) is 8.42 Å². The molecule has 0 aliphatic rings. The van der Waals surface area contributed by atoms with Crippen LogP contribution in [0.15, 0.2) is 77.7 Å². The minimum atomic E-state index is -4.13. The fraction of sp³-hybridized carbons (Fsp3) is 0.333. The minimum Gasteiger partial charge on any atom is -0.494 e. The molecule has 8 nitrogen and oxygen atoms in total. The summed E-state index contributed by atoms with van der Waals surface area (Å²) < 4.78 is 34.3. The number of likely N-dealkylation sites (N-methyl/N-ethyl adjacent to an activating group) is 1. The van der Waals surface area contributed by atoms with Crippen molar-refractivity contribution in [3.05, 3.63) is 89.5 Å². The van der Waals surface area contributed by atoms with E-state index in [-0.39, 0.29) is 17.3 Å². The number of aryl methyl sites for hydroxylation is 2. The Kier molecular flexibility index (Phi) is 10.1. The SMILES string of the molecule is CCNC(=O)C(C)N(Cc1ccc(C)cc1)C(=O)CN(c1ccc(C)cc1)S(=O)(=O)c1ccc(OCC)cc1. The van der Waals surface area contributed by atoms with Crippen LogP contribution in [0.1, 0.15) is 37.5 Å². The number of anilines is 1. The molecule has 0 fully saturated rings. The van der Waals surface area contributed by atoms with Crippen molar-refractivity contribution in [1.29, 1.82) is 0 Å². The molecule has 0 saturated carbocycles. The van der Waals surface area contributed by atoms with Crippen LogP contribution in [0.3, 0.4) is 0 Å². The average molecular weight is 552 g/mol. The van der Waals surface area contributed by atoms with Crippen LogP contribution in [-0.2, 0) is 26.2 Å². The summed E-state index contributed by atoms with van der Waals surface area (Å²) in [5.41, 5.74) is 3.21. The molecule has 0 radical (unpaired) electrons. The van der Waals surface area contributed by atoms with E-state index in [0.29, 0.717) is 24.6 Å². The van der Waals surface area contributed by atoms with Crippen molar-refractivity contribution in [3.63, 3.8) is 0 Å².